The molecule has 7 heteroatoms. The molecular weight excluding hydrogens is 328 g/mol. The molecule has 142 valence electrons. The number of rotatable bonds is 4. The minimum Gasteiger partial charge on any atom is -0.339 e. The highest BCUT2D eigenvalue weighted by Gasteiger charge is 2.54. The fraction of sp³-hybridized carbons (Fsp3) is 0.789. The molecule has 0 aromatic carbocycles. The fourth-order valence-electron chi connectivity index (χ4n) is 4.46. The lowest BCUT2D eigenvalue weighted by Crippen LogP contribution is -2.32. The quantitative estimate of drug-likeness (QED) is 0.836. The third-order valence-electron chi connectivity index (χ3n) is 5.94. The number of hydrogen-bond acceptors (Lipinski definition) is 6. The van der Waals surface area contributed by atoms with Crippen LogP contribution in [0.5, 0.6) is 0 Å². The van der Waals surface area contributed by atoms with Gasteiger partial charge in [-0.25, -0.2) is 4.68 Å². The zero-order valence-corrected chi connectivity index (χ0v) is 16.6. The van der Waals surface area contributed by atoms with Crippen LogP contribution >= 0.6 is 0 Å². The van der Waals surface area contributed by atoms with E-state index in [1.165, 1.54) is 12.8 Å². The first kappa shape index (κ1) is 17.6. The average molecular weight is 358 g/mol. The fourth-order valence-corrected chi connectivity index (χ4v) is 4.46. The van der Waals surface area contributed by atoms with Gasteiger partial charge in [0.2, 0.25) is 5.89 Å². The van der Waals surface area contributed by atoms with Gasteiger partial charge in [-0.3, -0.25) is 4.90 Å². The average Bonchev–Trinajstić information content (AvgIpc) is 3.29. The van der Waals surface area contributed by atoms with Crippen LogP contribution in [0.1, 0.15) is 77.2 Å². The first-order valence-corrected chi connectivity index (χ1v) is 9.76. The SMILES string of the molecule is CC(C)c1noc([C@@]23CCC[C@@H]2CN(Cc2cn(C(C)(C)C)nn2)C3)n1. The number of likely N-dealkylation sites (tertiary alicyclic amines) is 1. The molecule has 1 saturated carbocycles. The lowest BCUT2D eigenvalue weighted by atomic mass is 9.80. The van der Waals surface area contributed by atoms with E-state index >= 15 is 0 Å². The second kappa shape index (κ2) is 6.15. The van der Waals surface area contributed by atoms with Crippen LogP contribution in [0.15, 0.2) is 10.7 Å². The van der Waals surface area contributed by atoms with E-state index in [2.05, 4.69) is 61.2 Å². The van der Waals surface area contributed by atoms with Crippen molar-refractivity contribution < 1.29 is 4.52 Å². The number of hydrogen-bond donors (Lipinski definition) is 0. The highest BCUT2D eigenvalue weighted by Crippen LogP contribution is 2.50. The molecule has 2 fully saturated rings. The van der Waals surface area contributed by atoms with Gasteiger partial charge in [0.05, 0.1) is 22.8 Å². The van der Waals surface area contributed by atoms with E-state index in [0.29, 0.717) is 11.8 Å². The molecule has 2 aromatic heterocycles. The summed E-state index contributed by atoms with van der Waals surface area (Å²) < 4.78 is 7.69. The minimum absolute atomic E-state index is 0.0279. The van der Waals surface area contributed by atoms with Crippen LogP contribution in [0.4, 0.5) is 0 Å². The molecule has 0 unspecified atom stereocenters. The molecule has 0 N–H and O–H groups in total. The summed E-state index contributed by atoms with van der Waals surface area (Å²) in [4.78, 5) is 7.25. The largest absolute Gasteiger partial charge is 0.339 e. The van der Waals surface area contributed by atoms with Crippen molar-refractivity contribution in [3.63, 3.8) is 0 Å². The van der Waals surface area contributed by atoms with Crippen molar-refractivity contribution in [2.75, 3.05) is 13.1 Å². The first-order chi connectivity index (χ1) is 12.3. The van der Waals surface area contributed by atoms with E-state index in [-0.39, 0.29) is 11.0 Å². The van der Waals surface area contributed by atoms with E-state index in [9.17, 15) is 0 Å². The molecule has 2 atom stereocenters. The van der Waals surface area contributed by atoms with Crippen LogP contribution in [0, 0.1) is 5.92 Å². The van der Waals surface area contributed by atoms with Gasteiger partial charge in [-0.15, -0.1) is 5.10 Å². The minimum atomic E-state index is -0.0367. The van der Waals surface area contributed by atoms with E-state index in [1.54, 1.807) is 0 Å². The highest BCUT2D eigenvalue weighted by molar-refractivity contribution is 5.18. The Morgan fingerprint density at radius 2 is 2.15 bits per heavy atom. The summed E-state index contributed by atoms with van der Waals surface area (Å²) in [5.41, 5.74) is 1.02. The zero-order valence-electron chi connectivity index (χ0n) is 16.6. The number of nitrogens with zero attached hydrogens (tertiary/aromatic N) is 6. The molecule has 26 heavy (non-hydrogen) atoms. The predicted molar refractivity (Wildman–Crippen MR) is 97.7 cm³/mol. The third-order valence-corrected chi connectivity index (χ3v) is 5.94. The van der Waals surface area contributed by atoms with E-state index in [0.717, 1.165) is 43.5 Å². The third kappa shape index (κ3) is 2.96. The summed E-state index contributed by atoms with van der Waals surface area (Å²) >= 11 is 0. The molecule has 1 saturated heterocycles. The molecule has 1 aliphatic carbocycles. The van der Waals surface area contributed by atoms with Crippen molar-refractivity contribution in [3.05, 3.63) is 23.6 Å². The first-order valence-electron chi connectivity index (χ1n) is 9.76. The van der Waals surface area contributed by atoms with Crippen LogP contribution in [-0.2, 0) is 17.5 Å². The Kier molecular flexibility index (Phi) is 4.17. The highest BCUT2D eigenvalue weighted by atomic mass is 16.5. The Morgan fingerprint density at radius 3 is 2.81 bits per heavy atom. The van der Waals surface area contributed by atoms with Crippen LogP contribution < -0.4 is 0 Å². The lowest BCUT2D eigenvalue weighted by Gasteiger charge is -2.24. The number of aromatic nitrogens is 5. The van der Waals surface area contributed by atoms with Gasteiger partial charge in [0.25, 0.3) is 0 Å². The maximum atomic E-state index is 5.74. The monoisotopic (exact) mass is 358 g/mol. The van der Waals surface area contributed by atoms with Crippen LogP contribution in [0.3, 0.4) is 0 Å². The zero-order chi connectivity index (χ0) is 18.5. The Bertz CT molecular complexity index is 773. The maximum Gasteiger partial charge on any atom is 0.234 e. The summed E-state index contributed by atoms with van der Waals surface area (Å²) in [5, 5.41) is 12.9. The van der Waals surface area contributed by atoms with Gasteiger partial charge in [-0.1, -0.05) is 30.6 Å². The van der Waals surface area contributed by atoms with Gasteiger partial charge < -0.3 is 4.52 Å². The summed E-state index contributed by atoms with van der Waals surface area (Å²) in [6, 6.07) is 0. The van der Waals surface area contributed by atoms with Gasteiger partial charge in [-0.2, -0.15) is 4.98 Å². The van der Waals surface area contributed by atoms with Gasteiger partial charge in [-0.05, 0) is 39.5 Å². The van der Waals surface area contributed by atoms with Crippen LogP contribution in [0.25, 0.3) is 0 Å². The Hall–Kier alpha value is -1.76. The molecule has 0 spiro atoms. The Balaban J connectivity index is 1.52. The van der Waals surface area contributed by atoms with Crippen molar-refractivity contribution in [1.82, 2.24) is 30.0 Å². The van der Waals surface area contributed by atoms with Gasteiger partial charge in [0.1, 0.15) is 0 Å². The molecular formula is C19H30N6O. The van der Waals surface area contributed by atoms with E-state index in [4.69, 9.17) is 9.51 Å². The maximum absolute atomic E-state index is 5.74. The molecule has 0 amide bonds. The van der Waals surface area contributed by atoms with Crippen LogP contribution in [0.2, 0.25) is 0 Å². The number of fused-ring (bicyclic) bond motifs is 1. The normalized spacial score (nSPS) is 26.8. The summed E-state index contributed by atoms with van der Waals surface area (Å²) in [7, 11) is 0. The van der Waals surface area contributed by atoms with E-state index < -0.39 is 0 Å². The lowest BCUT2D eigenvalue weighted by molar-refractivity contribution is 0.243. The Labute approximate surface area is 155 Å². The second-order valence-electron chi connectivity index (χ2n) is 9.35. The molecule has 2 aromatic rings. The molecule has 3 heterocycles. The Morgan fingerprint density at radius 1 is 1.35 bits per heavy atom. The van der Waals surface area contributed by atoms with E-state index in [1.807, 2.05) is 4.68 Å². The topological polar surface area (TPSA) is 72.9 Å². The standard InChI is InChI=1S/C19H30N6O/c1-13(2)16-20-17(26-22-16)19-8-6-7-14(19)9-24(12-19)10-15-11-25(23-21-15)18(3,4)5/h11,13-14H,6-10,12H2,1-5H3/t14-,19-/m1/s1. The molecule has 7 nitrogen and oxygen atoms in total. The summed E-state index contributed by atoms with van der Waals surface area (Å²) in [6.45, 7) is 13.5. The van der Waals surface area contributed by atoms with Gasteiger partial charge >= 0.3 is 0 Å². The van der Waals surface area contributed by atoms with Gasteiger partial charge in [0.15, 0.2) is 5.82 Å². The summed E-state index contributed by atoms with van der Waals surface area (Å²) in [6.07, 6.45) is 5.70. The van der Waals surface area contributed by atoms with Crippen molar-refractivity contribution in [2.45, 2.75) is 77.3 Å². The molecule has 0 bridgehead atoms. The summed E-state index contributed by atoms with van der Waals surface area (Å²) in [5.74, 6) is 2.57. The van der Waals surface area contributed by atoms with Crippen molar-refractivity contribution in [2.24, 2.45) is 5.92 Å². The predicted octanol–water partition coefficient (Wildman–Crippen LogP) is 3.09. The van der Waals surface area contributed by atoms with Crippen molar-refractivity contribution in [1.29, 1.82) is 0 Å². The van der Waals surface area contributed by atoms with Crippen molar-refractivity contribution >= 4 is 0 Å². The smallest absolute Gasteiger partial charge is 0.234 e. The van der Waals surface area contributed by atoms with Crippen molar-refractivity contribution in [3.8, 4) is 0 Å². The van der Waals surface area contributed by atoms with Crippen LogP contribution in [-0.4, -0.2) is 43.1 Å². The molecule has 2 aliphatic rings. The molecule has 0 radical (unpaired) electrons. The molecule has 1 aliphatic heterocycles. The molecule has 4 rings (SSSR count). The second-order valence-corrected chi connectivity index (χ2v) is 9.35. The van der Waals surface area contributed by atoms with Gasteiger partial charge in [0, 0.05) is 25.6 Å².